The number of hydrogen-bond acceptors (Lipinski definition) is 2. The fraction of sp³-hybridized carbons (Fsp3) is 0.125. The van der Waals surface area contributed by atoms with E-state index in [1.807, 2.05) is 36.4 Å². The molecule has 2 aromatic rings. The quantitative estimate of drug-likeness (QED) is 0.887. The maximum Gasteiger partial charge on any atom is 0.160 e. The summed E-state index contributed by atoms with van der Waals surface area (Å²) in [6.45, 7) is 0.503. The number of anilines is 1. The molecule has 104 valence electrons. The van der Waals surface area contributed by atoms with Crippen LogP contribution in [0, 0.1) is 11.6 Å². The predicted molar refractivity (Wildman–Crippen MR) is 76.9 cm³/mol. The molecular formula is C16H15F2NO. The lowest BCUT2D eigenvalue weighted by Gasteiger charge is -2.05. The zero-order valence-electron chi connectivity index (χ0n) is 11.1. The van der Waals surface area contributed by atoms with Crippen LogP contribution in [0.4, 0.5) is 14.5 Å². The summed E-state index contributed by atoms with van der Waals surface area (Å²) in [6, 6.07) is 11.4. The third-order valence-corrected chi connectivity index (χ3v) is 2.78. The van der Waals surface area contributed by atoms with Gasteiger partial charge in [0.15, 0.2) is 11.6 Å². The molecule has 0 amide bonds. The monoisotopic (exact) mass is 275 g/mol. The van der Waals surface area contributed by atoms with Crippen LogP contribution in [0.2, 0.25) is 0 Å². The molecule has 2 aromatic carbocycles. The van der Waals surface area contributed by atoms with Gasteiger partial charge in [-0.3, -0.25) is 0 Å². The molecule has 0 fully saturated rings. The lowest BCUT2D eigenvalue weighted by Crippen LogP contribution is -1.99. The zero-order valence-corrected chi connectivity index (χ0v) is 11.1. The Balaban J connectivity index is 1.95. The van der Waals surface area contributed by atoms with Crippen LogP contribution in [0.25, 0.3) is 6.08 Å². The molecule has 0 saturated heterocycles. The van der Waals surface area contributed by atoms with Gasteiger partial charge in [0.05, 0.1) is 7.11 Å². The molecule has 20 heavy (non-hydrogen) atoms. The molecule has 0 aliphatic rings. The van der Waals surface area contributed by atoms with Crippen molar-refractivity contribution in [2.75, 3.05) is 19.0 Å². The van der Waals surface area contributed by atoms with Gasteiger partial charge in [-0.15, -0.1) is 0 Å². The van der Waals surface area contributed by atoms with E-state index >= 15 is 0 Å². The Hall–Kier alpha value is -2.36. The van der Waals surface area contributed by atoms with Gasteiger partial charge in [0.25, 0.3) is 0 Å². The first kappa shape index (κ1) is 14.1. The first-order chi connectivity index (χ1) is 9.70. The molecule has 0 spiro atoms. The number of methoxy groups -OCH3 is 1. The van der Waals surface area contributed by atoms with Crippen LogP contribution in [-0.4, -0.2) is 13.7 Å². The lowest BCUT2D eigenvalue weighted by atomic mass is 10.2. The van der Waals surface area contributed by atoms with Gasteiger partial charge in [-0.05, 0) is 18.2 Å². The minimum Gasteiger partial charge on any atom is -0.496 e. The average molecular weight is 275 g/mol. The Kier molecular flexibility index (Phi) is 4.71. The molecule has 0 unspecified atom stereocenters. The second-order valence-corrected chi connectivity index (χ2v) is 4.15. The molecule has 0 bridgehead atoms. The molecule has 0 aromatic heterocycles. The van der Waals surface area contributed by atoms with Crippen molar-refractivity contribution in [2.45, 2.75) is 0 Å². The Morgan fingerprint density at radius 3 is 2.65 bits per heavy atom. The lowest BCUT2D eigenvalue weighted by molar-refractivity contribution is 0.414. The number of para-hydroxylation sites is 1. The molecule has 4 heteroatoms. The maximum atomic E-state index is 13.0. The number of hydrogen-bond donors (Lipinski definition) is 1. The molecule has 0 atom stereocenters. The summed E-state index contributed by atoms with van der Waals surface area (Å²) < 4.78 is 31.0. The molecule has 1 N–H and O–H groups in total. The van der Waals surface area contributed by atoms with E-state index in [2.05, 4.69) is 5.32 Å². The zero-order chi connectivity index (χ0) is 14.4. The molecule has 2 nitrogen and oxygen atoms in total. The van der Waals surface area contributed by atoms with Gasteiger partial charge >= 0.3 is 0 Å². The summed E-state index contributed by atoms with van der Waals surface area (Å²) in [4.78, 5) is 0. The third kappa shape index (κ3) is 3.57. The molecule has 0 radical (unpaired) electrons. The Bertz CT molecular complexity index is 611. The van der Waals surface area contributed by atoms with Crippen molar-refractivity contribution >= 4 is 11.8 Å². The van der Waals surface area contributed by atoms with E-state index in [4.69, 9.17) is 4.74 Å². The standard InChI is InChI=1S/C16H15F2NO/c1-20-16-7-3-2-5-12(16)6-4-10-19-13-8-9-14(17)15(18)11-13/h2-9,11,19H,10H2,1H3/b6-4+. The summed E-state index contributed by atoms with van der Waals surface area (Å²) in [5.41, 5.74) is 1.50. The van der Waals surface area contributed by atoms with Gasteiger partial charge in [-0.2, -0.15) is 0 Å². The molecule has 0 aliphatic heterocycles. The van der Waals surface area contributed by atoms with Gasteiger partial charge < -0.3 is 10.1 Å². The second-order valence-electron chi connectivity index (χ2n) is 4.15. The van der Waals surface area contributed by atoms with Crippen LogP contribution in [-0.2, 0) is 0 Å². The second kappa shape index (κ2) is 6.70. The number of halogens is 2. The van der Waals surface area contributed by atoms with Crippen LogP contribution in [0.3, 0.4) is 0 Å². The molecule has 0 heterocycles. The van der Waals surface area contributed by atoms with Crippen molar-refractivity contribution in [3.63, 3.8) is 0 Å². The fourth-order valence-electron chi connectivity index (χ4n) is 1.77. The molecule has 0 saturated carbocycles. The SMILES string of the molecule is COc1ccccc1/C=C/CNc1ccc(F)c(F)c1. The molecule has 0 aliphatic carbocycles. The Labute approximate surface area is 116 Å². The highest BCUT2D eigenvalue weighted by Gasteiger charge is 2.01. The topological polar surface area (TPSA) is 21.3 Å². The normalized spacial score (nSPS) is 10.8. The first-order valence-corrected chi connectivity index (χ1v) is 6.19. The van der Waals surface area contributed by atoms with Gasteiger partial charge in [0, 0.05) is 23.9 Å². The molecule has 2 rings (SSSR count). The third-order valence-electron chi connectivity index (χ3n) is 2.78. The van der Waals surface area contributed by atoms with Crippen LogP contribution < -0.4 is 10.1 Å². The van der Waals surface area contributed by atoms with Gasteiger partial charge in [0.2, 0.25) is 0 Å². The highest BCUT2D eigenvalue weighted by Crippen LogP contribution is 2.18. The summed E-state index contributed by atoms with van der Waals surface area (Å²) in [7, 11) is 1.62. The van der Waals surface area contributed by atoms with Crippen molar-refractivity contribution in [2.24, 2.45) is 0 Å². The summed E-state index contributed by atoms with van der Waals surface area (Å²) >= 11 is 0. The minimum absolute atomic E-state index is 0.503. The van der Waals surface area contributed by atoms with Crippen molar-refractivity contribution < 1.29 is 13.5 Å². The number of rotatable bonds is 5. The Morgan fingerprint density at radius 1 is 1.10 bits per heavy atom. The van der Waals surface area contributed by atoms with Crippen molar-refractivity contribution in [3.8, 4) is 5.75 Å². The fourth-order valence-corrected chi connectivity index (χ4v) is 1.77. The summed E-state index contributed by atoms with van der Waals surface area (Å²) in [5.74, 6) is -0.916. The van der Waals surface area contributed by atoms with E-state index in [0.29, 0.717) is 12.2 Å². The van der Waals surface area contributed by atoms with Crippen LogP contribution >= 0.6 is 0 Å². The van der Waals surface area contributed by atoms with E-state index in [9.17, 15) is 8.78 Å². The Morgan fingerprint density at radius 2 is 1.90 bits per heavy atom. The first-order valence-electron chi connectivity index (χ1n) is 6.19. The predicted octanol–water partition coefficient (Wildman–Crippen LogP) is 4.10. The number of nitrogens with one attached hydrogen (secondary N) is 1. The van der Waals surface area contributed by atoms with Gasteiger partial charge in [-0.25, -0.2) is 8.78 Å². The van der Waals surface area contributed by atoms with Crippen LogP contribution in [0.5, 0.6) is 5.75 Å². The van der Waals surface area contributed by atoms with Gasteiger partial charge in [-0.1, -0.05) is 30.4 Å². The van der Waals surface area contributed by atoms with E-state index in [1.165, 1.54) is 6.07 Å². The minimum atomic E-state index is -0.858. The van der Waals surface area contributed by atoms with Crippen LogP contribution in [0.1, 0.15) is 5.56 Å². The summed E-state index contributed by atoms with van der Waals surface area (Å²) in [6.07, 6.45) is 3.80. The highest BCUT2D eigenvalue weighted by atomic mass is 19.2. The summed E-state index contributed by atoms with van der Waals surface area (Å²) in [5, 5.41) is 2.99. The average Bonchev–Trinajstić information content (AvgIpc) is 2.47. The molecular weight excluding hydrogens is 260 g/mol. The van der Waals surface area contributed by atoms with E-state index < -0.39 is 11.6 Å². The van der Waals surface area contributed by atoms with Crippen molar-refractivity contribution in [3.05, 3.63) is 65.7 Å². The van der Waals surface area contributed by atoms with E-state index in [0.717, 1.165) is 23.4 Å². The van der Waals surface area contributed by atoms with Crippen molar-refractivity contribution in [1.29, 1.82) is 0 Å². The van der Waals surface area contributed by atoms with E-state index in [-0.39, 0.29) is 0 Å². The number of benzene rings is 2. The smallest absolute Gasteiger partial charge is 0.160 e. The maximum absolute atomic E-state index is 13.0. The largest absolute Gasteiger partial charge is 0.496 e. The van der Waals surface area contributed by atoms with Gasteiger partial charge in [0.1, 0.15) is 5.75 Å². The number of ether oxygens (including phenoxy) is 1. The van der Waals surface area contributed by atoms with E-state index in [1.54, 1.807) is 7.11 Å². The van der Waals surface area contributed by atoms with Crippen molar-refractivity contribution in [1.82, 2.24) is 0 Å². The van der Waals surface area contributed by atoms with Crippen LogP contribution in [0.15, 0.2) is 48.5 Å². The highest BCUT2D eigenvalue weighted by molar-refractivity contribution is 5.57.